The number of carbonyl (C=O) groups is 1. The maximum Gasteiger partial charge on any atom is 0.234 e. The van der Waals surface area contributed by atoms with Gasteiger partial charge in [0, 0.05) is 25.8 Å². The number of nitrogens with zero attached hydrogens (tertiary/aromatic N) is 7. The van der Waals surface area contributed by atoms with Crippen LogP contribution >= 0.6 is 0 Å². The highest BCUT2D eigenvalue weighted by molar-refractivity contribution is 6.00. The third-order valence-corrected chi connectivity index (χ3v) is 6.17. The number of carbonyl (C=O) groups excluding carboxylic acids is 1. The summed E-state index contributed by atoms with van der Waals surface area (Å²) in [7, 11) is 1.81. The Morgan fingerprint density at radius 3 is 2.83 bits per heavy atom. The van der Waals surface area contributed by atoms with Crippen LogP contribution in [0.4, 0.5) is 23.1 Å². The molecule has 4 heterocycles. The van der Waals surface area contributed by atoms with Crippen molar-refractivity contribution >= 4 is 34.7 Å². The Balaban J connectivity index is 1.58. The molecule has 0 atom stereocenters. The summed E-state index contributed by atoms with van der Waals surface area (Å²) in [6, 6.07) is 4.24. The van der Waals surface area contributed by atoms with Gasteiger partial charge in [0.1, 0.15) is 12.0 Å². The van der Waals surface area contributed by atoms with Gasteiger partial charge in [0.2, 0.25) is 11.9 Å². The minimum Gasteiger partial charge on any atom is -0.351 e. The van der Waals surface area contributed by atoms with Crippen molar-refractivity contribution < 1.29 is 4.79 Å². The van der Waals surface area contributed by atoms with Crippen molar-refractivity contribution in [3.63, 3.8) is 0 Å². The van der Waals surface area contributed by atoms with Crippen LogP contribution in [0.3, 0.4) is 0 Å². The van der Waals surface area contributed by atoms with Crippen LogP contribution in [0.25, 0.3) is 5.65 Å². The van der Waals surface area contributed by atoms with Crippen molar-refractivity contribution in [3.05, 3.63) is 30.9 Å². The van der Waals surface area contributed by atoms with E-state index < -0.39 is 5.41 Å². The van der Waals surface area contributed by atoms with Gasteiger partial charge in [-0.3, -0.25) is 9.20 Å². The van der Waals surface area contributed by atoms with Crippen LogP contribution in [0.5, 0.6) is 0 Å². The van der Waals surface area contributed by atoms with Gasteiger partial charge >= 0.3 is 0 Å². The van der Waals surface area contributed by atoms with E-state index in [2.05, 4.69) is 25.4 Å². The summed E-state index contributed by atoms with van der Waals surface area (Å²) in [5.74, 6) is 1.38. The summed E-state index contributed by atoms with van der Waals surface area (Å²) >= 11 is 0. The van der Waals surface area contributed by atoms with E-state index in [1.165, 1.54) is 12.8 Å². The molecular formula is C21H26N8O. The van der Waals surface area contributed by atoms with Gasteiger partial charge in [-0.25, -0.2) is 4.98 Å². The molecule has 0 spiro atoms. The van der Waals surface area contributed by atoms with Crippen LogP contribution in [0, 0.1) is 5.41 Å². The average Bonchev–Trinajstić information content (AvgIpc) is 3.42. The topological polar surface area (TPSA) is 91.6 Å². The van der Waals surface area contributed by atoms with Crippen LogP contribution in [0.15, 0.2) is 30.9 Å². The summed E-state index contributed by atoms with van der Waals surface area (Å²) in [6.45, 7) is 4.67. The predicted molar refractivity (Wildman–Crippen MR) is 115 cm³/mol. The van der Waals surface area contributed by atoms with Gasteiger partial charge in [-0.05, 0) is 38.8 Å². The molecule has 0 unspecified atom stereocenters. The molecule has 9 heteroatoms. The van der Waals surface area contributed by atoms with E-state index in [-0.39, 0.29) is 5.91 Å². The molecule has 1 N–H and O–H groups in total. The van der Waals surface area contributed by atoms with Crippen LogP contribution < -0.4 is 15.1 Å². The summed E-state index contributed by atoms with van der Waals surface area (Å²) in [4.78, 5) is 26.5. The minimum atomic E-state index is -0.501. The highest BCUT2D eigenvalue weighted by atomic mass is 16.2. The fraction of sp³-hybridized carbons (Fsp3) is 0.476. The maximum absolute atomic E-state index is 13.1. The Morgan fingerprint density at radius 2 is 2.03 bits per heavy atom. The van der Waals surface area contributed by atoms with E-state index in [1.54, 1.807) is 17.4 Å². The lowest BCUT2D eigenvalue weighted by molar-refractivity contribution is -0.125. The molecule has 5 rings (SSSR count). The van der Waals surface area contributed by atoms with Crippen molar-refractivity contribution in [3.8, 4) is 0 Å². The molecule has 9 nitrogen and oxygen atoms in total. The molecule has 3 aromatic heterocycles. The standard InChI is InChI=1S/C21H26N8O/c1-21(2)12-29(14-7-4-5-8-14)18-16(27(3)19(21)30)11-22-20(25-18)24-15-9-6-10-28-13-23-26-17(15)28/h6,9-11,13-14H,4-5,7-8,12H2,1-3H3,(H,22,24,25). The normalized spacial score (nSPS) is 19.2. The molecule has 1 aliphatic heterocycles. The Labute approximate surface area is 175 Å². The number of anilines is 4. The smallest absolute Gasteiger partial charge is 0.234 e. The molecular weight excluding hydrogens is 380 g/mol. The summed E-state index contributed by atoms with van der Waals surface area (Å²) in [5.41, 5.74) is 1.74. The lowest BCUT2D eigenvalue weighted by Gasteiger charge is -2.34. The monoisotopic (exact) mass is 406 g/mol. The molecule has 1 aliphatic carbocycles. The number of fused-ring (bicyclic) bond motifs is 2. The Morgan fingerprint density at radius 1 is 1.23 bits per heavy atom. The quantitative estimate of drug-likeness (QED) is 0.715. The van der Waals surface area contributed by atoms with Gasteiger partial charge in [-0.1, -0.05) is 12.8 Å². The van der Waals surface area contributed by atoms with Crippen molar-refractivity contribution in [1.29, 1.82) is 0 Å². The first-order valence-corrected chi connectivity index (χ1v) is 10.4. The summed E-state index contributed by atoms with van der Waals surface area (Å²) in [5, 5.41) is 11.4. The molecule has 1 amide bonds. The Kier molecular flexibility index (Phi) is 4.34. The first-order valence-electron chi connectivity index (χ1n) is 10.4. The average molecular weight is 406 g/mol. The molecule has 1 saturated carbocycles. The SMILES string of the molecule is CN1C(=O)C(C)(C)CN(C2CCCC2)c2nc(Nc3cccn4cnnc34)ncc21. The van der Waals surface area contributed by atoms with Crippen molar-refractivity contribution in [2.45, 2.75) is 45.6 Å². The zero-order valence-corrected chi connectivity index (χ0v) is 17.5. The molecule has 1 fully saturated rings. The van der Waals surface area contributed by atoms with E-state index >= 15 is 0 Å². The number of nitrogens with one attached hydrogen (secondary N) is 1. The van der Waals surface area contributed by atoms with E-state index in [9.17, 15) is 4.79 Å². The fourth-order valence-electron chi connectivity index (χ4n) is 4.59. The van der Waals surface area contributed by atoms with E-state index in [4.69, 9.17) is 4.98 Å². The number of rotatable bonds is 3. The molecule has 156 valence electrons. The van der Waals surface area contributed by atoms with E-state index in [0.29, 0.717) is 24.2 Å². The largest absolute Gasteiger partial charge is 0.351 e. The van der Waals surface area contributed by atoms with Crippen molar-refractivity contribution in [2.75, 3.05) is 28.7 Å². The Hall–Kier alpha value is -3.23. The van der Waals surface area contributed by atoms with Gasteiger partial charge in [0.25, 0.3) is 0 Å². The van der Waals surface area contributed by atoms with Crippen molar-refractivity contribution in [1.82, 2.24) is 24.6 Å². The van der Waals surface area contributed by atoms with E-state index in [1.807, 2.05) is 43.6 Å². The van der Waals surface area contributed by atoms with Crippen LogP contribution in [0.1, 0.15) is 39.5 Å². The molecule has 0 aromatic carbocycles. The third-order valence-electron chi connectivity index (χ3n) is 6.17. The highest BCUT2D eigenvalue weighted by Crippen LogP contribution is 2.40. The summed E-state index contributed by atoms with van der Waals surface area (Å²) < 4.78 is 1.84. The lowest BCUT2D eigenvalue weighted by atomic mass is 9.91. The second-order valence-corrected chi connectivity index (χ2v) is 8.83. The summed E-state index contributed by atoms with van der Waals surface area (Å²) in [6.07, 6.45) is 9.97. The maximum atomic E-state index is 13.1. The van der Waals surface area contributed by atoms with Gasteiger partial charge < -0.3 is 15.1 Å². The van der Waals surface area contributed by atoms with Gasteiger partial charge in [0.15, 0.2) is 11.5 Å². The van der Waals surface area contributed by atoms with Crippen molar-refractivity contribution in [2.24, 2.45) is 5.41 Å². The Bertz CT molecular complexity index is 1100. The first kappa shape index (κ1) is 18.8. The zero-order chi connectivity index (χ0) is 20.9. The molecule has 2 aliphatic rings. The second kappa shape index (κ2) is 6.93. The zero-order valence-electron chi connectivity index (χ0n) is 17.5. The molecule has 0 radical (unpaired) electrons. The van der Waals surface area contributed by atoms with E-state index in [0.717, 1.165) is 30.0 Å². The van der Waals surface area contributed by atoms with Crippen LogP contribution in [0.2, 0.25) is 0 Å². The predicted octanol–water partition coefficient (Wildman–Crippen LogP) is 3.01. The molecule has 30 heavy (non-hydrogen) atoms. The number of hydrogen-bond donors (Lipinski definition) is 1. The third kappa shape index (κ3) is 3.05. The number of hydrogen-bond acceptors (Lipinski definition) is 7. The van der Waals surface area contributed by atoms with Gasteiger partial charge in [0.05, 0.1) is 17.3 Å². The fourth-order valence-corrected chi connectivity index (χ4v) is 4.59. The lowest BCUT2D eigenvalue weighted by Crippen LogP contribution is -2.45. The molecule has 0 bridgehead atoms. The second-order valence-electron chi connectivity index (χ2n) is 8.83. The molecule has 0 saturated heterocycles. The molecule has 3 aromatic rings. The van der Waals surface area contributed by atoms with Gasteiger partial charge in [-0.2, -0.15) is 4.98 Å². The number of aromatic nitrogens is 5. The van der Waals surface area contributed by atoms with Gasteiger partial charge in [-0.15, -0.1) is 10.2 Å². The minimum absolute atomic E-state index is 0.0850. The first-order chi connectivity index (χ1) is 14.4. The highest BCUT2D eigenvalue weighted by Gasteiger charge is 2.41. The van der Waals surface area contributed by atoms with Crippen LogP contribution in [-0.4, -0.2) is 50.1 Å². The number of pyridine rings is 1. The van der Waals surface area contributed by atoms with Crippen LogP contribution in [-0.2, 0) is 4.79 Å². The number of amides is 1.